The van der Waals surface area contributed by atoms with E-state index in [4.69, 9.17) is 0 Å². The minimum absolute atomic E-state index is 0.461. The zero-order valence-corrected chi connectivity index (χ0v) is 14.4. The highest BCUT2D eigenvalue weighted by Gasteiger charge is 2.23. The molecule has 5 rings (SSSR count). The summed E-state index contributed by atoms with van der Waals surface area (Å²) in [6, 6.07) is 16.9. The second-order valence-corrected chi connectivity index (χ2v) is 6.76. The van der Waals surface area contributed by atoms with E-state index in [2.05, 4.69) is 0 Å². The molecule has 1 aliphatic carbocycles. The van der Waals surface area contributed by atoms with Gasteiger partial charge in [0, 0.05) is 0 Å². The number of fused-ring (bicyclic) bond motifs is 8. The molecule has 0 N–H and O–H groups in total. The van der Waals surface area contributed by atoms with Gasteiger partial charge in [0.05, 0.1) is 0 Å². The van der Waals surface area contributed by atoms with Crippen molar-refractivity contribution in [3.8, 4) is 44.5 Å². The molecule has 0 saturated heterocycles. The van der Waals surface area contributed by atoms with Gasteiger partial charge in [-0.15, -0.1) is 0 Å². The summed E-state index contributed by atoms with van der Waals surface area (Å²) in [6.07, 6.45) is 0. The van der Waals surface area contributed by atoms with Crippen LogP contribution in [0.15, 0.2) is 72.8 Å². The zero-order valence-electron chi connectivity index (χ0n) is 14.4. The van der Waals surface area contributed by atoms with E-state index in [1.165, 1.54) is 48.5 Å². The minimum Gasteiger partial charge on any atom is -0.207 e. The van der Waals surface area contributed by atoms with Gasteiger partial charge in [0.15, 0.2) is 0 Å². The van der Waals surface area contributed by atoms with Gasteiger partial charge in [-0.3, -0.25) is 0 Å². The Balaban J connectivity index is 2.01. The van der Waals surface area contributed by atoms with Gasteiger partial charge in [-0.05, 0) is 93.0 Å². The molecule has 1 aliphatic rings. The second kappa shape index (κ2) is 6.06. The molecule has 28 heavy (non-hydrogen) atoms. The molecule has 0 heterocycles. The molecule has 0 fully saturated rings. The fourth-order valence-electron chi connectivity index (χ4n) is 3.90. The standard InChI is InChI=1S/C24H12F4/c25-13-1-5-17-18-6-2-14(26)10-22(18)24-12-16(28)4-8-20(24)19-7-3-15(27)11-23(19)21(17)9-13/h1-12H. The maximum absolute atomic E-state index is 14.1. The van der Waals surface area contributed by atoms with Gasteiger partial charge in [-0.25, -0.2) is 17.6 Å². The van der Waals surface area contributed by atoms with Crippen LogP contribution in [0.25, 0.3) is 44.5 Å². The Hall–Kier alpha value is -3.40. The summed E-state index contributed by atoms with van der Waals surface area (Å²) in [7, 11) is 0. The lowest BCUT2D eigenvalue weighted by Crippen LogP contribution is -1.99. The van der Waals surface area contributed by atoms with Crippen molar-refractivity contribution in [2.45, 2.75) is 0 Å². The average molecular weight is 376 g/mol. The number of hydrogen-bond acceptors (Lipinski definition) is 0. The molecular weight excluding hydrogens is 364 g/mol. The van der Waals surface area contributed by atoms with Gasteiger partial charge >= 0.3 is 0 Å². The summed E-state index contributed by atoms with van der Waals surface area (Å²) in [5, 5.41) is 0. The summed E-state index contributed by atoms with van der Waals surface area (Å²) >= 11 is 0. The fraction of sp³-hybridized carbons (Fsp3) is 0. The lowest BCUT2D eigenvalue weighted by Gasteiger charge is -2.23. The van der Waals surface area contributed by atoms with Crippen molar-refractivity contribution in [1.82, 2.24) is 0 Å². The Morgan fingerprint density at radius 2 is 0.500 bits per heavy atom. The van der Waals surface area contributed by atoms with Gasteiger partial charge in [-0.1, -0.05) is 24.3 Å². The minimum atomic E-state index is -0.461. The predicted molar refractivity (Wildman–Crippen MR) is 102 cm³/mol. The monoisotopic (exact) mass is 376 g/mol. The SMILES string of the molecule is Fc1ccc2c(c1)-c1cc(F)ccc1-c1ccc(F)cc1-c1cc(F)ccc1-2. The smallest absolute Gasteiger partial charge is 0.123 e. The van der Waals surface area contributed by atoms with Gasteiger partial charge in [0.25, 0.3) is 0 Å². The van der Waals surface area contributed by atoms with E-state index >= 15 is 0 Å². The quantitative estimate of drug-likeness (QED) is 0.250. The summed E-state index contributed by atoms with van der Waals surface area (Å²) in [5.41, 5.74) is 4.48. The van der Waals surface area contributed by atoms with Crippen molar-refractivity contribution in [2.24, 2.45) is 0 Å². The highest BCUT2D eigenvalue weighted by molar-refractivity contribution is 6.02. The number of halogens is 4. The van der Waals surface area contributed by atoms with Crippen molar-refractivity contribution in [3.05, 3.63) is 96.1 Å². The first-order valence-electron chi connectivity index (χ1n) is 8.71. The van der Waals surface area contributed by atoms with Gasteiger partial charge < -0.3 is 0 Å². The van der Waals surface area contributed by atoms with Crippen LogP contribution < -0.4 is 0 Å². The van der Waals surface area contributed by atoms with E-state index in [1.807, 2.05) is 0 Å². The molecule has 0 saturated carbocycles. The van der Waals surface area contributed by atoms with E-state index in [1.54, 1.807) is 24.3 Å². The van der Waals surface area contributed by atoms with E-state index in [0.29, 0.717) is 44.5 Å². The van der Waals surface area contributed by atoms with Crippen molar-refractivity contribution < 1.29 is 17.6 Å². The molecular formula is C24H12F4. The highest BCUT2D eigenvalue weighted by Crippen LogP contribution is 2.48. The first-order chi connectivity index (χ1) is 13.5. The third kappa shape index (κ3) is 2.53. The van der Waals surface area contributed by atoms with Crippen molar-refractivity contribution >= 4 is 0 Å². The Morgan fingerprint density at radius 1 is 0.286 bits per heavy atom. The Morgan fingerprint density at radius 3 is 0.714 bits per heavy atom. The van der Waals surface area contributed by atoms with Gasteiger partial charge in [0.1, 0.15) is 23.3 Å². The van der Waals surface area contributed by atoms with Crippen LogP contribution in [0, 0.1) is 23.3 Å². The maximum atomic E-state index is 14.1. The van der Waals surface area contributed by atoms with Crippen LogP contribution in [0.3, 0.4) is 0 Å². The fourth-order valence-corrected chi connectivity index (χ4v) is 3.90. The van der Waals surface area contributed by atoms with Crippen LogP contribution in [-0.2, 0) is 0 Å². The largest absolute Gasteiger partial charge is 0.207 e. The van der Waals surface area contributed by atoms with Crippen molar-refractivity contribution in [1.29, 1.82) is 0 Å². The molecule has 0 radical (unpaired) electrons. The summed E-state index contributed by atoms with van der Waals surface area (Å²) in [6.45, 7) is 0. The molecule has 136 valence electrons. The summed E-state index contributed by atoms with van der Waals surface area (Å²) < 4.78 is 56.4. The number of rotatable bonds is 0. The van der Waals surface area contributed by atoms with Crippen molar-refractivity contribution in [2.75, 3.05) is 0 Å². The molecule has 4 heteroatoms. The van der Waals surface area contributed by atoms with Gasteiger partial charge in [0.2, 0.25) is 0 Å². The molecule has 0 aliphatic heterocycles. The molecule has 0 nitrogen and oxygen atoms in total. The molecule has 4 aromatic rings. The Labute approximate surface area is 158 Å². The Kier molecular flexibility index (Phi) is 3.63. The van der Waals surface area contributed by atoms with E-state index in [-0.39, 0.29) is 0 Å². The van der Waals surface area contributed by atoms with Crippen LogP contribution in [0.5, 0.6) is 0 Å². The number of hydrogen-bond donors (Lipinski definition) is 0. The molecule has 4 aromatic carbocycles. The topological polar surface area (TPSA) is 0 Å². The van der Waals surface area contributed by atoms with Crippen LogP contribution in [0.4, 0.5) is 17.6 Å². The number of benzene rings is 4. The third-order valence-corrected chi connectivity index (χ3v) is 5.09. The lowest BCUT2D eigenvalue weighted by molar-refractivity contribution is 0.625. The van der Waals surface area contributed by atoms with Crippen LogP contribution >= 0.6 is 0 Å². The zero-order chi connectivity index (χ0) is 19.4. The molecule has 0 bridgehead atoms. The van der Waals surface area contributed by atoms with Crippen LogP contribution in [-0.4, -0.2) is 0 Å². The molecule has 0 unspecified atom stereocenters. The van der Waals surface area contributed by atoms with E-state index in [0.717, 1.165) is 0 Å². The molecule has 0 spiro atoms. The first-order valence-corrected chi connectivity index (χ1v) is 8.71. The summed E-state index contributed by atoms with van der Waals surface area (Å²) in [5.74, 6) is -1.84. The molecule has 0 aromatic heterocycles. The van der Waals surface area contributed by atoms with Crippen LogP contribution in [0.2, 0.25) is 0 Å². The normalized spacial score (nSPS) is 11.6. The van der Waals surface area contributed by atoms with E-state index < -0.39 is 23.3 Å². The predicted octanol–water partition coefficient (Wildman–Crippen LogP) is 7.22. The average Bonchev–Trinajstić information content (AvgIpc) is 2.67. The van der Waals surface area contributed by atoms with Crippen LogP contribution in [0.1, 0.15) is 0 Å². The third-order valence-electron chi connectivity index (χ3n) is 5.09. The van der Waals surface area contributed by atoms with Crippen molar-refractivity contribution in [3.63, 3.8) is 0 Å². The molecule has 0 atom stereocenters. The Bertz CT molecular complexity index is 1060. The van der Waals surface area contributed by atoms with E-state index in [9.17, 15) is 17.6 Å². The second-order valence-electron chi connectivity index (χ2n) is 6.76. The van der Waals surface area contributed by atoms with Gasteiger partial charge in [-0.2, -0.15) is 0 Å². The lowest BCUT2D eigenvalue weighted by atomic mass is 9.81. The molecule has 0 amide bonds. The maximum Gasteiger partial charge on any atom is 0.123 e. The first kappa shape index (κ1) is 16.8. The highest BCUT2D eigenvalue weighted by atomic mass is 19.1. The summed E-state index contributed by atoms with van der Waals surface area (Å²) in [4.78, 5) is 0.